The summed E-state index contributed by atoms with van der Waals surface area (Å²) in [6, 6.07) is 9.37. The molecule has 1 heterocycles. The van der Waals surface area contributed by atoms with Crippen molar-refractivity contribution in [3.8, 4) is 0 Å². The van der Waals surface area contributed by atoms with E-state index in [1.165, 1.54) is 18.9 Å². The van der Waals surface area contributed by atoms with Crippen molar-refractivity contribution in [2.75, 3.05) is 11.9 Å². The number of hydrogen-bond acceptors (Lipinski definition) is 4. The molecule has 2 aliphatic carbocycles. The molecule has 0 radical (unpaired) electrons. The number of anilines is 1. The van der Waals surface area contributed by atoms with Gasteiger partial charge in [0.25, 0.3) is 0 Å². The fourth-order valence-corrected chi connectivity index (χ4v) is 3.41. The highest BCUT2D eigenvalue weighted by atomic mass is 35.5. The summed E-state index contributed by atoms with van der Waals surface area (Å²) in [4.78, 5) is 9.47. The van der Waals surface area contributed by atoms with Gasteiger partial charge in [-0.05, 0) is 50.2 Å². The third kappa shape index (κ3) is 5.53. The van der Waals surface area contributed by atoms with Gasteiger partial charge in [-0.25, -0.2) is 14.4 Å². The SMILES string of the molecule is Cl.Cl.NC1CC(c2cc(NCCCc3ccccc3F)nc(C3CC3)n2)C1. The normalized spacial score (nSPS) is 20.8. The molecule has 27 heavy (non-hydrogen) atoms. The Bertz CT molecular complexity index is 749. The fraction of sp³-hybridized carbons (Fsp3) is 0.500. The minimum absolute atomic E-state index is 0. The first-order chi connectivity index (χ1) is 12.2. The van der Waals surface area contributed by atoms with Crippen LogP contribution in [0.25, 0.3) is 0 Å². The van der Waals surface area contributed by atoms with Gasteiger partial charge in [-0.1, -0.05) is 18.2 Å². The van der Waals surface area contributed by atoms with E-state index in [1.54, 1.807) is 6.07 Å². The number of nitrogens with two attached hydrogens (primary N) is 1. The third-order valence-corrected chi connectivity index (χ3v) is 5.19. The van der Waals surface area contributed by atoms with E-state index in [0.717, 1.165) is 55.1 Å². The molecule has 4 rings (SSSR count). The van der Waals surface area contributed by atoms with E-state index in [1.807, 2.05) is 12.1 Å². The van der Waals surface area contributed by atoms with Crippen LogP contribution in [0, 0.1) is 5.82 Å². The van der Waals surface area contributed by atoms with Crippen molar-refractivity contribution in [2.24, 2.45) is 5.73 Å². The summed E-state index contributed by atoms with van der Waals surface area (Å²) in [6.45, 7) is 0.777. The molecule has 0 amide bonds. The van der Waals surface area contributed by atoms with Crippen molar-refractivity contribution in [1.82, 2.24) is 9.97 Å². The van der Waals surface area contributed by atoms with Crippen LogP contribution >= 0.6 is 24.8 Å². The standard InChI is InChI=1S/C20H25FN4.2ClH/c21-17-6-2-1-4-13(17)5-3-9-23-19-12-18(15-10-16(22)11-15)24-20(25-19)14-7-8-14;;/h1-2,4,6,12,14-16H,3,5,7-11,22H2,(H,23,24,25);2*1H. The number of hydrogen-bond donors (Lipinski definition) is 2. The van der Waals surface area contributed by atoms with Crippen molar-refractivity contribution < 1.29 is 4.39 Å². The van der Waals surface area contributed by atoms with Gasteiger partial charge in [0.2, 0.25) is 0 Å². The van der Waals surface area contributed by atoms with Crippen LogP contribution < -0.4 is 11.1 Å². The summed E-state index contributed by atoms with van der Waals surface area (Å²) in [7, 11) is 0. The summed E-state index contributed by atoms with van der Waals surface area (Å²) in [5.74, 6) is 2.78. The van der Waals surface area contributed by atoms with Gasteiger partial charge in [0.1, 0.15) is 17.5 Å². The van der Waals surface area contributed by atoms with Gasteiger partial charge in [-0.2, -0.15) is 0 Å². The predicted octanol–water partition coefficient (Wildman–Crippen LogP) is 4.59. The molecular weight excluding hydrogens is 386 g/mol. The molecule has 148 valence electrons. The highest BCUT2D eigenvalue weighted by Crippen LogP contribution is 2.41. The average molecular weight is 413 g/mol. The van der Waals surface area contributed by atoms with E-state index >= 15 is 0 Å². The fourth-order valence-electron chi connectivity index (χ4n) is 3.41. The lowest BCUT2D eigenvalue weighted by atomic mass is 9.78. The first kappa shape index (κ1) is 21.9. The molecule has 1 aromatic carbocycles. The number of nitrogens with one attached hydrogen (secondary N) is 1. The van der Waals surface area contributed by atoms with Gasteiger partial charge in [0.15, 0.2) is 0 Å². The third-order valence-electron chi connectivity index (χ3n) is 5.19. The lowest BCUT2D eigenvalue weighted by molar-refractivity contribution is 0.344. The Balaban J connectivity index is 0.00000131. The summed E-state index contributed by atoms with van der Waals surface area (Å²) in [5.41, 5.74) is 7.84. The molecule has 0 saturated heterocycles. The number of nitrogens with zero attached hydrogens (tertiary/aromatic N) is 2. The van der Waals surface area contributed by atoms with Crippen LogP contribution in [0.2, 0.25) is 0 Å². The highest BCUT2D eigenvalue weighted by Gasteiger charge is 2.32. The molecule has 4 nitrogen and oxygen atoms in total. The molecule has 0 spiro atoms. The van der Waals surface area contributed by atoms with Gasteiger partial charge in [-0.3, -0.25) is 0 Å². The van der Waals surface area contributed by atoms with Crippen molar-refractivity contribution in [3.05, 3.63) is 53.2 Å². The molecule has 3 N–H and O–H groups in total. The van der Waals surface area contributed by atoms with Crippen LogP contribution in [0.3, 0.4) is 0 Å². The second-order valence-corrected chi connectivity index (χ2v) is 7.36. The van der Waals surface area contributed by atoms with Crippen LogP contribution in [0.1, 0.15) is 61.0 Å². The van der Waals surface area contributed by atoms with Crippen molar-refractivity contribution in [1.29, 1.82) is 0 Å². The molecule has 2 saturated carbocycles. The van der Waals surface area contributed by atoms with E-state index < -0.39 is 0 Å². The topological polar surface area (TPSA) is 63.8 Å². The van der Waals surface area contributed by atoms with Crippen LogP contribution in [-0.2, 0) is 6.42 Å². The average Bonchev–Trinajstić information content (AvgIpc) is 3.42. The van der Waals surface area contributed by atoms with E-state index in [4.69, 9.17) is 10.7 Å². The number of rotatable bonds is 7. The molecule has 0 aliphatic heterocycles. The largest absolute Gasteiger partial charge is 0.370 e. The molecule has 0 bridgehead atoms. The zero-order valence-electron chi connectivity index (χ0n) is 15.2. The first-order valence-electron chi connectivity index (χ1n) is 9.31. The molecule has 2 fully saturated rings. The predicted molar refractivity (Wildman–Crippen MR) is 112 cm³/mol. The monoisotopic (exact) mass is 412 g/mol. The summed E-state index contributed by atoms with van der Waals surface area (Å²) >= 11 is 0. The van der Waals surface area contributed by atoms with Crippen LogP contribution in [0.5, 0.6) is 0 Å². The summed E-state index contributed by atoms with van der Waals surface area (Å²) in [5, 5.41) is 3.41. The maximum atomic E-state index is 13.7. The van der Waals surface area contributed by atoms with E-state index in [-0.39, 0.29) is 30.6 Å². The molecule has 7 heteroatoms. The van der Waals surface area contributed by atoms with Crippen LogP contribution in [-0.4, -0.2) is 22.6 Å². The Morgan fingerprint density at radius 3 is 2.48 bits per heavy atom. The molecule has 1 aromatic heterocycles. The van der Waals surface area contributed by atoms with Gasteiger partial charge in [0.05, 0.1) is 0 Å². The van der Waals surface area contributed by atoms with Gasteiger partial charge < -0.3 is 11.1 Å². The lowest BCUT2D eigenvalue weighted by Gasteiger charge is -2.32. The van der Waals surface area contributed by atoms with Gasteiger partial charge >= 0.3 is 0 Å². The Kier molecular flexibility index (Phi) is 7.83. The molecular formula is C20H27Cl2FN4. The van der Waals surface area contributed by atoms with Crippen LogP contribution in [0.4, 0.5) is 10.2 Å². The minimum atomic E-state index is -0.121. The van der Waals surface area contributed by atoms with Crippen LogP contribution in [0.15, 0.2) is 30.3 Å². The molecule has 0 unspecified atom stereocenters. The maximum absolute atomic E-state index is 13.7. The number of halogens is 3. The molecule has 2 aromatic rings. The zero-order valence-corrected chi connectivity index (χ0v) is 16.9. The quantitative estimate of drug-likeness (QED) is 0.652. The maximum Gasteiger partial charge on any atom is 0.134 e. The second kappa shape index (κ2) is 9.67. The smallest absolute Gasteiger partial charge is 0.134 e. The Morgan fingerprint density at radius 1 is 1.07 bits per heavy atom. The molecule has 2 aliphatic rings. The first-order valence-corrected chi connectivity index (χ1v) is 9.31. The Morgan fingerprint density at radius 2 is 1.81 bits per heavy atom. The van der Waals surface area contributed by atoms with Crippen molar-refractivity contribution >= 4 is 30.6 Å². The van der Waals surface area contributed by atoms with E-state index in [2.05, 4.69) is 16.4 Å². The lowest BCUT2D eigenvalue weighted by Crippen LogP contribution is -2.35. The van der Waals surface area contributed by atoms with Gasteiger partial charge in [0, 0.05) is 36.2 Å². The minimum Gasteiger partial charge on any atom is -0.370 e. The number of aryl methyl sites for hydroxylation is 1. The molecule has 0 atom stereocenters. The van der Waals surface area contributed by atoms with E-state index in [0.29, 0.717) is 17.9 Å². The van der Waals surface area contributed by atoms with Crippen molar-refractivity contribution in [2.45, 2.75) is 56.4 Å². The Labute approximate surface area is 172 Å². The number of aromatic nitrogens is 2. The zero-order chi connectivity index (χ0) is 17.2. The highest BCUT2D eigenvalue weighted by molar-refractivity contribution is 5.85. The Hall–Kier alpha value is -1.43. The van der Waals surface area contributed by atoms with E-state index in [9.17, 15) is 4.39 Å². The second-order valence-electron chi connectivity index (χ2n) is 7.36. The van der Waals surface area contributed by atoms with Gasteiger partial charge in [-0.15, -0.1) is 24.8 Å². The summed E-state index contributed by atoms with van der Waals surface area (Å²) < 4.78 is 13.7. The number of benzene rings is 1. The van der Waals surface area contributed by atoms with Crippen molar-refractivity contribution in [3.63, 3.8) is 0 Å². The summed E-state index contributed by atoms with van der Waals surface area (Å²) in [6.07, 6.45) is 6.03.